The number of benzene rings is 5. The van der Waals surface area contributed by atoms with Crippen LogP contribution in [0, 0.1) is 0 Å². The zero-order valence-electron chi connectivity index (χ0n) is 17.5. The Morgan fingerprint density at radius 1 is 0.562 bits per heavy atom. The summed E-state index contributed by atoms with van der Waals surface area (Å²) < 4.78 is 1.36. The van der Waals surface area contributed by atoms with Gasteiger partial charge in [0.1, 0.15) is 0 Å². The van der Waals surface area contributed by atoms with Gasteiger partial charge in [-0.15, -0.1) is 11.3 Å². The number of fused-ring (bicyclic) bond motifs is 4. The van der Waals surface area contributed by atoms with E-state index in [1.807, 2.05) is 11.3 Å². The average Bonchev–Trinajstić information content (AvgIpc) is 3.46. The number of hydrogen-bond donors (Lipinski definition) is 0. The maximum absolute atomic E-state index is 2.39. The summed E-state index contributed by atoms with van der Waals surface area (Å²) in [6.07, 6.45) is 3.38. The Morgan fingerprint density at radius 2 is 1.28 bits per heavy atom. The van der Waals surface area contributed by atoms with E-state index in [2.05, 4.69) is 109 Å². The third kappa shape index (κ3) is 2.75. The van der Waals surface area contributed by atoms with Gasteiger partial charge in [-0.1, -0.05) is 78.9 Å². The zero-order chi connectivity index (χ0) is 21.1. The molecule has 32 heavy (non-hydrogen) atoms. The van der Waals surface area contributed by atoms with Crippen molar-refractivity contribution in [1.82, 2.24) is 0 Å². The van der Waals surface area contributed by atoms with Crippen LogP contribution in [0.2, 0.25) is 0 Å². The summed E-state index contributed by atoms with van der Waals surface area (Å²) in [5.74, 6) is 0. The number of rotatable bonds is 2. The lowest BCUT2D eigenvalue weighted by molar-refractivity contribution is 1.33. The first-order valence-electron chi connectivity index (χ1n) is 11.1. The van der Waals surface area contributed by atoms with Crippen molar-refractivity contribution in [3.05, 3.63) is 119 Å². The molecule has 1 aromatic heterocycles. The Hall–Kier alpha value is -3.68. The van der Waals surface area contributed by atoms with E-state index >= 15 is 0 Å². The molecule has 1 aliphatic rings. The smallest absolute Gasteiger partial charge is 0.0349 e. The van der Waals surface area contributed by atoms with Gasteiger partial charge >= 0.3 is 0 Å². The van der Waals surface area contributed by atoms with Crippen LogP contribution >= 0.6 is 11.3 Å². The Bertz CT molecular complexity index is 1660. The molecular weight excluding hydrogens is 404 g/mol. The molecule has 0 saturated heterocycles. The summed E-state index contributed by atoms with van der Waals surface area (Å²) in [5, 5.41) is 6.56. The first kappa shape index (κ1) is 17.9. The highest BCUT2D eigenvalue weighted by molar-refractivity contribution is 7.20. The van der Waals surface area contributed by atoms with Crippen LogP contribution in [0.15, 0.2) is 103 Å². The molecule has 1 aliphatic carbocycles. The lowest BCUT2D eigenvalue weighted by atomic mass is 9.91. The molecule has 150 valence electrons. The van der Waals surface area contributed by atoms with E-state index in [1.165, 1.54) is 64.3 Å². The van der Waals surface area contributed by atoms with E-state index in [0.717, 1.165) is 6.42 Å². The lowest BCUT2D eigenvalue weighted by Crippen LogP contribution is -1.91. The molecule has 1 heteroatoms. The SMILES string of the molecule is C1=C(c2cc3ccccc3s2)Cc2c1cccc2-c1cccc2cc3ccccc3cc12. The van der Waals surface area contributed by atoms with Crippen LogP contribution in [-0.4, -0.2) is 0 Å². The third-order valence-electron chi connectivity index (χ3n) is 6.69. The molecule has 0 saturated carbocycles. The number of allylic oxidation sites excluding steroid dienone is 1. The summed E-state index contributed by atoms with van der Waals surface area (Å²) in [6.45, 7) is 0. The van der Waals surface area contributed by atoms with Gasteiger partial charge in [0.15, 0.2) is 0 Å². The van der Waals surface area contributed by atoms with Crippen molar-refractivity contribution in [3.63, 3.8) is 0 Å². The first-order valence-corrected chi connectivity index (χ1v) is 11.9. The van der Waals surface area contributed by atoms with Gasteiger partial charge in [0.25, 0.3) is 0 Å². The number of hydrogen-bond acceptors (Lipinski definition) is 1. The van der Waals surface area contributed by atoms with Crippen LogP contribution < -0.4 is 0 Å². The molecule has 0 amide bonds. The monoisotopic (exact) mass is 424 g/mol. The highest BCUT2D eigenvalue weighted by Crippen LogP contribution is 2.42. The molecule has 0 fully saturated rings. The van der Waals surface area contributed by atoms with Crippen LogP contribution in [0.5, 0.6) is 0 Å². The van der Waals surface area contributed by atoms with Gasteiger partial charge in [-0.3, -0.25) is 0 Å². The Balaban J connectivity index is 1.37. The lowest BCUT2D eigenvalue weighted by Gasteiger charge is -2.13. The van der Waals surface area contributed by atoms with Crippen molar-refractivity contribution in [3.8, 4) is 11.1 Å². The van der Waals surface area contributed by atoms with E-state index < -0.39 is 0 Å². The summed E-state index contributed by atoms with van der Waals surface area (Å²) >= 11 is 1.90. The van der Waals surface area contributed by atoms with Gasteiger partial charge in [-0.2, -0.15) is 0 Å². The molecular formula is C31H20S. The maximum Gasteiger partial charge on any atom is 0.0349 e. The van der Waals surface area contributed by atoms with Gasteiger partial charge in [0, 0.05) is 16.0 Å². The Kier molecular flexibility index (Phi) is 3.88. The van der Waals surface area contributed by atoms with Crippen LogP contribution in [0.3, 0.4) is 0 Å². The summed E-state index contributed by atoms with van der Waals surface area (Å²) in [5.41, 5.74) is 6.92. The largest absolute Gasteiger partial charge is 0.136 e. The molecule has 0 spiro atoms. The zero-order valence-corrected chi connectivity index (χ0v) is 18.3. The van der Waals surface area contributed by atoms with Gasteiger partial charge < -0.3 is 0 Å². The molecule has 0 unspecified atom stereocenters. The minimum atomic E-state index is 0.988. The predicted molar refractivity (Wildman–Crippen MR) is 140 cm³/mol. The Morgan fingerprint density at radius 3 is 2.16 bits per heavy atom. The van der Waals surface area contributed by atoms with Crippen LogP contribution in [0.1, 0.15) is 16.0 Å². The van der Waals surface area contributed by atoms with Crippen LogP contribution in [-0.2, 0) is 6.42 Å². The fraction of sp³-hybridized carbons (Fsp3) is 0.0323. The van der Waals surface area contributed by atoms with E-state index in [0.29, 0.717) is 0 Å². The van der Waals surface area contributed by atoms with Gasteiger partial charge in [-0.05, 0) is 85.1 Å². The molecule has 6 aromatic rings. The second-order valence-corrected chi connectivity index (χ2v) is 9.68. The van der Waals surface area contributed by atoms with E-state index in [-0.39, 0.29) is 0 Å². The minimum Gasteiger partial charge on any atom is -0.136 e. The second kappa shape index (κ2) is 6.91. The fourth-order valence-corrected chi connectivity index (χ4v) is 6.20. The quantitative estimate of drug-likeness (QED) is 0.243. The van der Waals surface area contributed by atoms with Crippen LogP contribution in [0.4, 0.5) is 0 Å². The molecule has 0 nitrogen and oxygen atoms in total. The second-order valence-electron chi connectivity index (χ2n) is 8.59. The topological polar surface area (TPSA) is 0 Å². The average molecular weight is 425 g/mol. The van der Waals surface area contributed by atoms with E-state index in [9.17, 15) is 0 Å². The van der Waals surface area contributed by atoms with Gasteiger partial charge in [0.2, 0.25) is 0 Å². The molecule has 0 aliphatic heterocycles. The highest BCUT2D eigenvalue weighted by Gasteiger charge is 2.20. The molecule has 0 atom stereocenters. The normalized spacial score (nSPS) is 13.1. The van der Waals surface area contributed by atoms with Crippen molar-refractivity contribution in [2.24, 2.45) is 0 Å². The van der Waals surface area contributed by atoms with E-state index in [1.54, 1.807) is 0 Å². The predicted octanol–water partition coefficient (Wildman–Crippen LogP) is 8.97. The fourth-order valence-electron chi connectivity index (χ4n) is 5.12. The molecule has 0 bridgehead atoms. The molecule has 5 aromatic carbocycles. The van der Waals surface area contributed by atoms with Gasteiger partial charge in [0.05, 0.1) is 0 Å². The van der Waals surface area contributed by atoms with Gasteiger partial charge in [-0.25, -0.2) is 0 Å². The summed E-state index contributed by atoms with van der Waals surface area (Å²) in [6, 6.07) is 37.8. The minimum absolute atomic E-state index is 0.988. The third-order valence-corrected chi connectivity index (χ3v) is 7.88. The molecule has 0 radical (unpaired) electrons. The standard InChI is InChI=1S/C31H20S/c1-2-8-21-17-28-22(15-20(21)7-1)10-5-12-26(28)27-13-6-11-23-16-25(18-29(23)27)31-19-24-9-3-4-14-30(24)32-31/h1-17,19H,18H2. The molecule has 7 rings (SSSR count). The van der Waals surface area contributed by atoms with E-state index in [4.69, 9.17) is 0 Å². The van der Waals surface area contributed by atoms with Crippen molar-refractivity contribution < 1.29 is 0 Å². The Labute approximate surface area is 191 Å². The summed E-state index contributed by atoms with van der Waals surface area (Å²) in [7, 11) is 0. The maximum atomic E-state index is 2.39. The van der Waals surface area contributed by atoms with Crippen LogP contribution in [0.25, 0.3) is 54.4 Å². The summed E-state index contributed by atoms with van der Waals surface area (Å²) in [4.78, 5) is 1.39. The number of thiophene rings is 1. The highest BCUT2D eigenvalue weighted by atomic mass is 32.1. The van der Waals surface area contributed by atoms with Crippen molar-refractivity contribution >= 4 is 54.6 Å². The first-order chi connectivity index (χ1) is 15.8. The van der Waals surface area contributed by atoms with Crippen molar-refractivity contribution in [1.29, 1.82) is 0 Å². The van der Waals surface area contributed by atoms with Crippen molar-refractivity contribution in [2.45, 2.75) is 6.42 Å². The van der Waals surface area contributed by atoms with Crippen molar-refractivity contribution in [2.75, 3.05) is 0 Å². The molecule has 0 N–H and O–H groups in total. The molecule has 1 heterocycles.